The maximum Gasteiger partial charge on any atom is 0.469 e. The Balaban J connectivity index is 2.38. The highest BCUT2D eigenvalue weighted by Gasteiger charge is 2.35. The monoisotopic (exact) mass is 748 g/mol. The number of hydrogen-bond acceptors (Lipinski definition) is 10. The molecular formula is C38H69O12P. The van der Waals surface area contributed by atoms with Crippen molar-refractivity contribution >= 4 is 19.8 Å². The number of unbranched alkanes of at least 4 members (excludes halogenated alkanes) is 11. The summed E-state index contributed by atoms with van der Waals surface area (Å²) in [4.78, 5) is 42.9. The van der Waals surface area contributed by atoms with Crippen LogP contribution in [0.4, 0.5) is 0 Å². The summed E-state index contributed by atoms with van der Waals surface area (Å²) in [7, 11) is -4.82. The van der Waals surface area contributed by atoms with Crippen LogP contribution in [-0.4, -0.2) is 81.0 Å². The molecule has 5 N–H and O–H groups in total. The molecule has 51 heavy (non-hydrogen) atoms. The minimum Gasteiger partial charge on any atom is -0.462 e. The highest BCUT2D eigenvalue weighted by atomic mass is 31.2. The molecule has 298 valence electrons. The number of aliphatic hydroxyl groups is 3. The predicted molar refractivity (Wildman–Crippen MR) is 196 cm³/mol. The molecule has 1 saturated heterocycles. The lowest BCUT2D eigenvalue weighted by Gasteiger charge is -2.36. The van der Waals surface area contributed by atoms with Crippen molar-refractivity contribution in [3.05, 3.63) is 24.3 Å². The van der Waals surface area contributed by atoms with E-state index in [1.54, 1.807) is 12.2 Å². The highest BCUT2D eigenvalue weighted by Crippen LogP contribution is 2.36. The van der Waals surface area contributed by atoms with Crippen molar-refractivity contribution in [2.24, 2.45) is 11.8 Å². The molecule has 0 bridgehead atoms. The summed E-state index contributed by atoms with van der Waals surface area (Å²) in [5.41, 5.74) is 0. The molecule has 1 rings (SSSR count). The van der Waals surface area contributed by atoms with Gasteiger partial charge in [0, 0.05) is 25.2 Å². The van der Waals surface area contributed by atoms with Gasteiger partial charge in [0.2, 0.25) is 0 Å². The van der Waals surface area contributed by atoms with Crippen LogP contribution in [0.1, 0.15) is 149 Å². The summed E-state index contributed by atoms with van der Waals surface area (Å²) in [6.45, 7) is 5.61. The summed E-state index contributed by atoms with van der Waals surface area (Å²) in [5.74, 6) is -0.625. The second kappa shape index (κ2) is 28.8. The summed E-state index contributed by atoms with van der Waals surface area (Å²) < 4.78 is 31.9. The average Bonchev–Trinajstić information content (AvgIpc) is 3.05. The van der Waals surface area contributed by atoms with Gasteiger partial charge in [0.05, 0.1) is 24.9 Å². The number of ether oxygens (including phenoxy) is 3. The molecule has 0 saturated carbocycles. The summed E-state index contributed by atoms with van der Waals surface area (Å²) in [5, 5.41) is 30.8. The van der Waals surface area contributed by atoms with E-state index in [1.807, 2.05) is 12.2 Å². The molecule has 0 aliphatic carbocycles. The molecule has 13 heteroatoms. The van der Waals surface area contributed by atoms with Gasteiger partial charge in [0.25, 0.3) is 0 Å². The van der Waals surface area contributed by atoms with Crippen molar-refractivity contribution in [3.8, 4) is 0 Å². The maximum absolute atomic E-state index is 12.4. The van der Waals surface area contributed by atoms with E-state index in [0.29, 0.717) is 32.1 Å². The van der Waals surface area contributed by atoms with E-state index in [4.69, 9.17) is 24.0 Å². The van der Waals surface area contributed by atoms with Gasteiger partial charge in [-0.05, 0) is 38.0 Å². The smallest absolute Gasteiger partial charge is 0.462 e. The van der Waals surface area contributed by atoms with Crippen molar-refractivity contribution in [2.45, 2.75) is 180 Å². The number of phosphoric acid groups is 1. The zero-order valence-electron chi connectivity index (χ0n) is 31.4. The van der Waals surface area contributed by atoms with Gasteiger partial charge < -0.3 is 39.3 Å². The fourth-order valence-electron chi connectivity index (χ4n) is 5.95. The molecule has 1 unspecified atom stereocenters. The first kappa shape index (κ1) is 47.4. The van der Waals surface area contributed by atoms with Crippen LogP contribution in [0.25, 0.3) is 0 Å². The minimum absolute atomic E-state index is 0.0743. The van der Waals surface area contributed by atoms with Gasteiger partial charge in [-0.1, -0.05) is 122 Å². The molecule has 1 aliphatic rings. The number of carbonyl (C=O) groups is 2. The average molecular weight is 749 g/mol. The maximum atomic E-state index is 12.4. The first-order valence-electron chi connectivity index (χ1n) is 19.4. The quantitative estimate of drug-likeness (QED) is 0.0215. The number of hydrogen-bond donors (Lipinski definition) is 5. The first-order valence-corrected chi connectivity index (χ1v) is 20.9. The van der Waals surface area contributed by atoms with Crippen LogP contribution in [-0.2, 0) is 32.9 Å². The third kappa shape index (κ3) is 26.7. The molecule has 0 aromatic heterocycles. The van der Waals surface area contributed by atoms with Crippen LogP contribution in [0, 0.1) is 11.8 Å². The Hall–Kier alpha value is -1.63. The van der Waals surface area contributed by atoms with E-state index in [1.165, 1.54) is 38.5 Å². The van der Waals surface area contributed by atoms with Gasteiger partial charge in [-0.25, -0.2) is 4.57 Å². The lowest BCUT2D eigenvalue weighted by Crippen LogP contribution is -2.43. The van der Waals surface area contributed by atoms with E-state index in [9.17, 15) is 29.5 Å². The number of rotatable bonds is 30. The van der Waals surface area contributed by atoms with Gasteiger partial charge in [-0.15, -0.1) is 0 Å². The number of esters is 2. The normalized spacial score (nSPS) is 21.0. The van der Waals surface area contributed by atoms with Crippen molar-refractivity contribution in [1.82, 2.24) is 0 Å². The van der Waals surface area contributed by atoms with Crippen molar-refractivity contribution in [2.75, 3.05) is 13.2 Å². The predicted octanol–water partition coefficient (Wildman–Crippen LogP) is 7.20. The van der Waals surface area contributed by atoms with Crippen LogP contribution >= 0.6 is 7.82 Å². The molecule has 1 aliphatic heterocycles. The van der Waals surface area contributed by atoms with Crippen molar-refractivity contribution in [1.29, 1.82) is 0 Å². The van der Waals surface area contributed by atoms with Crippen LogP contribution in [0.2, 0.25) is 0 Å². The Kier molecular flexibility index (Phi) is 26.8. The molecule has 0 aromatic carbocycles. The Bertz CT molecular complexity index is 1010. The largest absolute Gasteiger partial charge is 0.469 e. The fraction of sp³-hybridized carbons (Fsp3) is 0.842. The third-order valence-electron chi connectivity index (χ3n) is 8.95. The standard InChI is InChI=1S/C38H69O12P/c1-4-5-15-21-31(39)25-26-35-33(34(40)27-38(43)50-35)22-17-13-14-18-23-36(41)47-28-32(29-48-51(44,45)46)49-37(42)24-19-12-10-8-6-7-9-11-16-20-30(2)3/h13,17,25-26,30-35,38-40,43H,4-12,14-16,18-24,27-29H2,1-3H3,(H2,44,45,46)/b17-13-,26-25+/t31-,32+,33-,34-,35+,38?/m0/s1. The third-order valence-corrected chi connectivity index (χ3v) is 9.43. The van der Waals surface area contributed by atoms with E-state index < -0.39 is 57.1 Å². The Labute approximate surface area is 306 Å². The molecule has 0 amide bonds. The number of aliphatic hydroxyl groups excluding tert-OH is 3. The Morgan fingerprint density at radius 3 is 2.12 bits per heavy atom. The van der Waals surface area contributed by atoms with Gasteiger partial charge in [0.1, 0.15) is 6.61 Å². The van der Waals surface area contributed by atoms with E-state index in [-0.39, 0.29) is 31.8 Å². The van der Waals surface area contributed by atoms with E-state index in [2.05, 4.69) is 25.3 Å². The zero-order chi connectivity index (χ0) is 37.9. The van der Waals surface area contributed by atoms with Crippen LogP contribution in [0.15, 0.2) is 24.3 Å². The second-order valence-electron chi connectivity index (χ2n) is 14.3. The Morgan fingerprint density at radius 2 is 1.47 bits per heavy atom. The Morgan fingerprint density at radius 1 is 0.843 bits per heavy atom. The van der Waals surface area contributed by atoms with Gasteiger partial charge in [-0.2, -0.15) is 0 Å². The van der Waals surface area contributed by atoms with Gasteiger partial charge >= 0.3 is 19.8 Å². The molecule has 1 heterocycles. The first-order chi connectivity index (χ1) is 24.3. The zero-order valence-corrected chi connectivity index (χ0v) is 32.3. The number of allylic oxidation sites excluding steroid dienone is 2. The highest BCUT2D eigenvalue weighted by molar-refractivity contribution is 7.46. The fourth-order valence-corrected chi connectivity index (χ4v) is 6.31. The van der Waals surface area contributed by atoms with E-state index in [0.717, 1.165) is 44.4 Å². The molecule has 0 radical (unpaired) electrons. The van der Waals surface area contributed by atoms with Crippen LogP contribution in [0.5, 0.6) is 0 Å². The second-order valence-corrected chi connectivity index (χ2v) is 15.5. The van der Waals surface area contributed by atoms with Gasteiger partial charge in [0.15, 0.2) is 12.4 Å². The SMILES string of the molecule is CCCCC[C@H](O)/C=C/[C@H]1OC(O)C[C@H](O)[C@@H]1C/C=C\CCCC(=O)OC[C@H](COP(=O)(O)O)OC(=O)CCCCCCCCCCCC(C)C. The van der Waals surface area contributed by atoms with Gasteiger partial charge in [-0.3, -0.25) is 14.1 Å². The molecule has 12 nitrogen and oxygen atoms in total. The lowest BCUT2D eigenvalue weighted by atomic mass is 9.87. The lowest BCUT2D eigenvalue weighted by molar-refractivity contribution is -0.199. The molecule has 0 spiro atoms. The van der Waals surface area contributed by atoms with Crippen molar-refractivity contribution < 1.29 is 58.0 Å². The van der Waals surface area contributed by atoms with Crippen molar-refractivity contribution in [3.63, 3.8) is 0 Å². The summed E-state index contributed by atoms with van der Waals surface area (Å²) in [6.07, 6.45) is 19.7. The number of carbonyl (C=O) groups excluding carboxylic acids is 2. The van der Waals surface area contributed by atoms with Crippen LogP contribution in [0.3, 0.4) is 0 Å². The van der Waals surface area contributed by atoms with E-state index >= 15 is 0 Å². The summed E-state index contributed by atoms with van der Waals surface area (Å²) in [6, 6.07) is 0. The number of phosphoric ester groups is 1. The topological polar surface area (TPSA) is 189 Å². The van der Waals surface area contributed by atoms with Crippen LogP contribution < -0.4 is 0 Å². The molecular weight excluding hydrogens is 679 g/mol. The minimum atomic E-state index is -4.82. The summed E-state index contributed by atoms with van der Waals surface area (Å²) >= 11 is 0. The molecule has 1 fully saturated rings. The molecule has 6 atom stereocenters. The molecule has 0 aromatic rings.